The van der Waals surface area contributed by atoms with Crippen LogP contribution in [0, 0.1) is 0 Å². The Balaban J connectivity index is 2.22. The zero-order chi connectivity index (χ0) is 29.4. The third-order valence-electron chi connectivity index (χ3n) is 6.36. The molecule has 0 radical (unpaired) electrons. The van der Waals surface area contributed by atoms with Gasteiger partial charge in [-0.25, -0.2) is 0 Å². The Labute approximate surface area is 235 Å². The van der Waals surface area contributed by atoms with Gasteiger partial charge in [0.2, 0.25) is 5.75 Å². The first-order chi connectivity index (χ1) is 19.2. The molecule has 1 saturated heterocycles. The van der Waals surface area contributed by atoms with Crippen molar-refractivity contribution in [2.24, 2.45) is 0 Å². The number of benzene rings is 2. The highest BCUT2D eigenvalue weighted by molar-refractivity contribution is 6.46. The van der Waals surface area contributed by atoms with E-state index in [1.165, 1.54) is 26.2 Å². The zero-order valence-corrected chi connectivity index (χ0v) is 24.2. The van der Waals surface area contributed by atoms with E-state index < -0.39 is 17.7 Å². The highest BCUT2D eigenvalue weighted by atomic mass is 16.5. The maximum Gasteiger partial charge on any atom is 0.295 e. The second-order valence-electron chi connectivity index (χ2n) is 9.25. The van der Waals surface area contributed by atoms with Gasteiger partial charge in [-0.1, -0.05) is 0 Å². The van der Waals surface area contributed by atoms with E-state index in [2.05, 4.69) is 0 Å². The number of aliphatic hydroxyl groups excluding tert-OH is 1. The van der Waals surface area contributed by atoms with E-state index in [9.17, 15) is 14.7 Å². The molecule has 10 heteroatoms. The predicted molar refractivity (Wildman–Crippen MR) is 150 cm³/mol. The number of methoxy groups -OCH3 is 3. The van der Waals surface area contributed by atoms with Gasteiger partial charge in [-0.05, 0) is 63.9 Å². The predicted octanol–water partition coefficient (Wildman–Crippen LogP) is 4.75. The maximum atomic E-state index is 13.5. The van der Waals surface area contributed by atoms with Crippen LogP contribution in [0.15, 0.2) is 35.9 Å². The van der Waals surface area contributed by atoms with Crippen LogP contribution in [0.25, 0.3) is 5.76 Å². The van der Waals surface area contributed by atoms with Crippen molar-refractivity contribution in [1.29, 1.82) is 0 Å². The van der Waals surface area contributed by atoms with Crippen molar-refractivity contribution in [2.75, 3.05) is 47.7 Å². The summed E-state index contributed by atoms with van der Waals surface area (Å²) in [5.74, 6) is 0.0422. The van der Waals surface area contributed by atoms with E-state index in [0.717, 1.165) is 0 Å². The van der Waals surface area contributed by atoms with Gasteiger partial charge in [-0.3, -0.25) is 9.59 Å². The van der Waals surface area contributed by atoms with Gasteiger partial charge in [0, 0.05) is 19.2 Å². The number of ketones is 1. The van der Waals surface area contributed by atoms with Crippen molar-refractivity contribution in [3.8, 4) is 28.7 Å². The lowest BCUT2D eigenvalue weighted by Crippen LogP contribution is -2.31. The summed E-state index contributed by atoms with van der Waals surface area (Å²) in [5.41, 5.74) is 0.696. The molecule has 1 unspecified atom stereocenters. The van der Waals surface area contributed by atoms with Gasteiger partial charge in [-0.2, -0.15) is 0 Å². The third-order valence-corrected chi connectivity index (χ3v) is 6.36. The lowest BCUT2D eigenvalue weighted by atomic mass is 9.94. The van der Waals surface area contributed by atoms with Crippen molar-refractivity contribution >= 4 is 17.4 Å². The molecule has 1 amide bonds. The zero-order valence-electron chi connectivity index (χ0n) is 24.2. The van der Waals surface area contributed by atoms with Crippen LogP contribution in [0.2, 0.25) is 0 Å². The number of amides is 1. The molecule has 2 aromatic rings. The first kappa shape index (κ1) is 30.6. The Bertz CT molecular complexity index is 1210. The SMILES string of the molecule is CCOc1ccc(/C(O)=C2\C(=O)C(=O)N(CCCOC(C)C)C2c2cc(OC)c(OC)c(OC)c2)c(OCC)c1. The molecule has 1 atom stereocenters. The van der Waals surface area contributed by atoms with Crippen LogP contribution in [-0.2, 0) is 14.3 Å². The van der Waals surface area contributed by atoms with E-state index >= 15 is 0 Å². The molecule has 218 valence electrons. The van der Waals surface area contributed by atoms with Crippen LogP contribution in [0.4, 0.5) is 0 Å². The van der Waals surface area contributed by atoms with Gasteiger partial charge in [0.15, 0.2) is 11.5 Å². The van der Waals surface area contributed by atoms with E-state index in [1.807, 2.05) is 27.7 Å². The average molecular weight is 558 g/mol. The fourth-order valence-corrected chi connectivity index (χ4v) is 4.65. The van der Waals surface area contributed by atoms with Gasteiger partial charge in [0.05, 0.1) is 57.8 Å². The molecule has 1 aliphatic rings. The largest absolute Gasteiger partial charge is 0.507 e. The topological polar surface area (TPSA) is 113 Å². The molecule has 40 heavy (non-hydrogen) atoms. The normalized spacial score (nSPS) is 16.4. The molecular weight excluding hydrogens is 518 g/mol. The Morgan fingerprint density at radius 1 is 0.925 bits per heavy atom. The number of Topliss-reactive ketones (excluding diaryl/α,β-unsaturated/α-hetero) is 1. The minimum absolute atomic E-state index is 0.0259. The highest BCUT2D eigenvalue weighted by Crippen LogP contribution is 2.46. The van der Waals surface area contributed by atoms with E-state index in [0.29, 0.717) is 60.6 Å². The molecule has 2 aromatic carbocycles. The van der Waals surface area contributed by atoms with E-state index in [4.69, 9.17) is 28.4 Å². The number of nitrogens with zero attached hydrogens (tertiary/aromatic N) is 1. The van der Waals surface area contributed by atoms with Crippen LogP contribution in [0.5, 0.6) is 28.7 Å². The van der Waals surface area contributed by atoms with Gasteiger partial charge >= 0.3 is 0 Å². The Morgan fingerprint density at radius 2 is 1.57 bits per heavy atom. The molecule has 0 aromatic heterocycles. The molecule has 1 aliphatic heterocycles. The summed E-state index contributed by atoms with van der Waals surface area (Å²) >= 11 is 0. The van der Waals surface area contributed by atoms with Crippen LogP contribution in [-0.4, -0.2) is 75.5 Å². The van der Waals surface area contributed by atoms with Crippen LogP contribution in [0.3, 0.4) is 0 Å². The molecule has 1 fully saturated rings. The van der Waals surface area contributed by atoms with Crippen molar-refractivity contribution in [1.82, 2.24) is 4.90 Å². The standard InChI is InChI=1S/C30H39NO9/c1-8-38-20-11-12-21(22(17-20)39-9-2)27(32)25-26(19-15-23(35-5)29(37-7)24(16-19)36-6)31(30(34)28(25)33)13-10-14-40-18(3)4/h11-12,15-18,26,32H,8-10,13-14H2,1-7H3/b27-25+. The maximum absolute atomic E-state index is 13.5. The average Bonchev–Trinajstić information content (AvgIpc) is 3.19. The highest BCUT2D eigenvalue weighted by Gasteiger charge is 2.46. The lowest BCUT2D eigenvalue weighted by molar-refractivity contribution is -0.140. The number of rotatable bonds is 14. The van der Waals surface area contributed by atoms with Crippen LogP contribution >= 0.6 is 0 Å². The van der Waals surface area contributed by atoms with Crippen molar-refractivity contribution in [3.63, 3.8) is 0 Å². The molecule has 10 nitrogen and oxygen atoms in total. The van der Waals surface area contributed by atoms with Crippen LogP contribution < -0.4 is 23.7 Å². The summed E-state index contributed by atoms with van der Waals surface area (Å²) < 4.78 is 33.6. The number of aliphatic hydroxyl groups is 1. The van der Waals surface area contributed by atoms with Crippen molar-refractivity contribution in [2.45, 2.75) is 46.3 Å². The third kappa shape index (κ3) is 6.44. The Kier molecular flexibility index (Phi) is 10.7. The van der Waals surface area contributed by atoms with Crippen molar-refractivity contribution < 1.29 is 43.1 Å². The molecule has 0 bridgehead atoms. The fourth-order valence-electron chi connectivity index (χ4n) is 4.65. The molecule has 1 heterocycles. The van der Waals surface area contributed by atoms with Crippen molar-refractivity contribution in [3.05, 3.63) is 47.0 Å². The molecular formula is C30H39NO9. The number of hydrogen-bond acceptors (Lipinski definition) is 9. The molecule has 0 aliphatic carbocycles. The van der Waals surface area contributed by atoms with Gasteiger partial charge in [0.1, 0.15) is 17.3 Å². The summed E-state index contributed by atoms with van der Waals surface area (Å²) in [4.78, 5) is 28.4. The van der Waals surface area contributed by atoms with Gasteiger partial charge in [0.25, 0.3) is 11.7 Å². The second-order valence-corrected chi connectivity index (χ2v) is 9.25. The first-order valence-electron chi connectivity index (χ1n) is 13.3. The molecule has 3 rings (SSSR count). The Morgan fingerprint density at radius 3 is 2.12 bits per heavy atom. The minimum atomic E-state index is -0.936. The smallest absolute Gasteiger partial charge is 0.295 e. The number of ether oxygens (including phenoxy) is 6. The number of likely N-dealkylation sites (tertiary alicyclic amines) is 1. The molecule has 1 N–H and O–H groups in total. The van der Waals surface area contributed by atoms with Gasteiger partial charge < -0.3 is 38.4 Å². The summed E-state index contributed by atoms with van der Waals surface area (Å²) in [6, 6.07) is 7.34. The van der Waals surface area contributed by atoms with Gasteiger partial charge in [-0.15, -0.1) is 0 Å². The number of hydrogen-bond donors (Lipinski definition) is 1. The monoisotopic (exact) mass is 557 g/mol. The summed E-state index contributed by atoms with van der Waals surface area (Å²) in [5, 5.41) is 11.6. The number of carbonyl (C=O) groups excluding carboxylic acids is 2. The molecule has 0 saturated carbocycles. The van der Waals surface area contributed by atoms with Crippen LogP contribution in [0.1, 0.15) is 51.3 Å². The molecule has 0 spiro atoms. The first-order valence-corrected chi connectivity index (χ1v) is 13.3. The van der Waals surface area contributed by atoms with E-state index in [-0.39, 0.29) is 29.5 Å². The fraction of sp³-hybridized carbons (Fsp3) is 0.467. The summed E-state index contributed by atoms with van der Waals surface area (Å²) in [6.07, 6.45) is 0.511. The number of carbonyl (C=O) groups is 2. The quantitative estimate of drug-likeness (QED) is 0.152. The minimum Gasteiger partial charge on any atom is -0.507 e. The summed E-state index contributed by atoms with van der Waals surface area (Å²) in [7, 11) is 4.45. The second kappa shape index (κ2) is 13.9. The lowest BCUT2D eigenvalue weighted by Gasteiger charge is -2.27. The summed E-state index contributed by atoms with van der Waals surface area (Å²) in [6.45, 7) is 8.90. The van der Waals surface area contributed by atoms with E-state index in [1.54, 1.807) is 30.3 Å². The Hall–Kier alpha value is -3.92.